The number of carbonyl (C=O) groups is 2. The third-order valence-electron chi connectivity index (χ3n) is 8.69. The Bertz CT molecular complexity index is 1120. The van der Waals surface area contributed by atoms with Crippen LogP contribution in [-0.4, -0.2) is 65.8 Å². The number of nitriles is 1. The number of hydrogen-bond acceptors (Lipinski definition) is 4. The van der Waals surface area contributed by atoms with Gasteiger partial charge >= 0.3 is 0 Å². The Morgan fingerprint density at radius 3 is 2.36 bits per heavy atom. The van der Waals surface area contributed by atoms with Gasteiger partial charge in [0.05, 0.1) is 17.0 Å². The molecule has 3 saturated heterocycles. The van der Waals surface area contributed by atoms with E-state index in [2.05, 4.69) is 46.2 Å². The van der Waals surface area contributed by atoms with E-state index in [-0.39, 0.29) is 11.3 Å². The van der Waals surface area contributed by atoms with Crippen molar-refractivity contribution in [2.24, 2.45) is 11.3 Å². The summed E-state index contributed by atoms with van der Waals surface area (Å²) in [5.74, 6) is 1.34. The average Bonchev–Trinajstić information content (AvgIpc) is 3.47. The molecule has 1 spiro atoms. The van der Waals surface area contributed by atoms with Crippen LogP contribution < -0.4 is 0 Å². The molecule has 3 heterocycles. The van der Waals surface area contributed by atoms with Gasteiger partial charge in [0.1, 0.15) is 0 Å². The van der Waals surface area contributed by atoms with Crippen LogP contribution in [0.5, 0.6) is 0 Å². The first-order chi connectivity index (χ1) is 17.5. The van der Waals surface area contributed by atoms with Crippen LogP contribution >= 0.6 is 0 Å². The van der Waals surface area contributed by atoms with Gasteiger partial charge in [-0.25, -0.2) is 0 Å². The van der Waals surface area contributed by atoms with E-state index in [0.29, 0.717) is 36.3 Å². The van der Waals surface area contributed by atoms with E-state index >= 15 is 0 Å². The summed E-state index contributed by atoms with van der Waals surface area (Å²) in [6.07, 6.45) is 3.32. The van der Waals surface area contributed by atoms with Crippen LogP contribution in [0.25, 0.3) is 0 Å². The van der Waals surface area contributed by atoms with Gasteiger partial charge < -0.3 is 14.7 Å². The van der Waals surface area contributed by atoms with E-state index in [0.717, 1.165) is 64.1 Å². The molecule has 0 aromatic heterocycles. The average molecular weight is 485 g/mol. The van der Waals surface area contributed by atoms with Crippen molar-refractivity contribution < 1.29 is 9.59 Å². The largest absolute Gasteiger partial charge is 0.342 e. The van der Waals surface area contributed by atoms with Gasteiger partial charge in [-0.3, -0.25) is 9.59 Å². The molecule has 36 heavy (non-hydrogen) atoms. The number of piperidine rings is 1. The molecule has 6 heteroatoms. The summed E-state index contributed by atoms with van der Waals surface area (Å²) in [5, 5.41) is 9.02. The number of nitrogens with zero attached hydrogens (tertiary/aromatic N) is 4. The highest BCUT2D eigenvalue weighted by Gasteiger charge is 2.48. The van der Waals surface area contributed by atoms with Gasteiger partial charge in [0.2, 0.25) is 11.8 Å². The second-order valence-electron chi connectivity index (χ2n) is 10.8. The molecule has 2 aromatic rings. The third kappa shape index (κ3) is 4.90. The SMILES string of the molecule is CCC(=O)N1CC(CN2CCC3(CC2)CCN(Cc2ccc(C#N)cc2)C3=O)C(c2ccccc2)C1. The monoisotopic (exact) mass is 484 g/mol. The maximum absolute atomic E-state index is 13.5. The molecular formula is C30H36N4O2. The van der Waals surface area contributed by atoms with Gasteiger partial charge in [0.15, 0.2) is 0 Å². The van der Waals surface area contributed by atoms with Gasteiger partial charge in [-0.1, -0.05) is 49.4 Å². The summed E-state index contributed by atoms with van der Waals surface area (Å²) in [5.41, 5.74) is 2.83. The summed E-state index contributed by atoms with van der Waals surface area (Å²) in [6, 6.07) is 20.3. The second kappa shape index (κ2) is 10.4. The standard InChI is InChI=1S/C30H36N4O2/c1-2-28(35)34-21-26(27(22-34)25-6-4-3-5-7-25)20-32-15-12-30(13-16-32)14-17-33(29(30)36)19-24-10-8-23(18-31)9-11-24/h3-11,26-27H,2,12-17,19-22H2,1H3. The van der Waals surface area contributed by atoms with E-state index in [1.165, 1.54) is 5.56 Å². The lowest BCUT2D eigenvalue weighted by Gasteiger charge is -2.39. The normalized spacial score (nSPS) is 23.8. The van der Waals surface area contributed by atoms with Crippen molar-refractivity contribution in [3.63, 3.8) is 0 Å². The Hall–Kier alpha value is -3.17. The molecule has 5 rings (SSSR count). The molecule has 2 amide bonds. The van der Waals surface area contributed by atoms with E-state index in [1.54, 1.807) is 0 Å². The van der Waals surface area contributed by atoms with Gasteiger partial charge in [-0.15, -0.1) is 0 Å². The molecule has 0 radical (unpaired) electrons. The summed E-state index contributed by atoms with van der Waals surface area (Å²) in [7, 11) is 0. The lowest BCUT2D eigenvalue weighted by atomic mass is 9.76. The predicted octanol–water partition coefficient (Wildman–Crippen LogP) is 4.02. The van der Waals surface area contributed by atoms with Crippen LogP contribution in [0.4, 0.5) is 0 Å². The molecule has 6 nitrogen and oxygen atoms in total. The molecule has 0 bridgehead atoms. The highest BCUT2D eigenvalue weighted by atomic mass is 16.2. The van der Waals surface area contributed by atoms with E-state index in [4.69, 9.17) is 5.26 Å². The minimum atomic E-state index is -0.220. The summed E-state index contributed by atoms with van der Waals surface area (Å²) >= 11 is 0. The predicted molar refractivity (Wildman–Crippen MR) is 139 cm³/mol. The van der Waals surface area contributed by atoms with Crippen LogP contribution in [0, 0.1) is 22.7 Å². The topological polar surface area (TPSA) is 67.7 Å². The molecule has 3 aliphatic rings. The third-order valence-corrected chi connectivity index (χ3v) is 8.69. The zero-order chi connectivity index (χ0) is 25.1. The lowest BCUT2D eigenvalue weighted by molar-refractivity contribution is -0.139. The first-order valence-corrected chi connectivity index (χ1v) is 13.3. The zero-order valence-electron chi connectivity index (χ0n) is 21.2. The van der Waals surface area contributed by atoms with Crippen LogP contribution in [-0.2, 0) is 16.1 Å². The quantitative estimate of drug-likeness (QED) is 0.621. The van der Waals surface area contributed by atoms with Crippen molar-refractivity contribution in [1.82, 2.24) is 14.7 Å². The van der Waals surface area contributed by atoms with Crippen LogP contribution in [0.2, 0.25) is 0 Å². The first-order valence-electron chi connectivity index (χ1n) is 13.3. The number of benzene rings is 2. The number of amides is 2. The Morgan fingerprint density at radius 1 is 1.00 bits per heavy atom. The Kier molecular flexibility index (Phi) is 7.11. The lowest BCUT2D eigenvalue weighted by Crippen LogP contribution is -2.46. The van der Waals surface area contributed by atoms with E-state index in [1.807, 2.05) is 36.1 Å². The van der Waals surface area contributed by atoms with E-state index in [9.17, 15) is 9.59 Å². The minimum Gasteiger partial charge on any atom is -0.342 e. The molecule has 188 valence electrons. The van der Waals surface area contributed by atoms with Crippen molar-refractivity contribution in [2.45, 2.75) is 45.1 Å². The highest BCUT2D eigenvalue weighted by molar-refractivity contribution is 5.85. The zero-order valence-corrected chi connectivity index (χ0v) is 21.2. The van der Waals surface area contributed by atoms with E-state index < -0.39 is 0 Å². The van der Waals surface area contributed by atoms with Crippen molar-refractivity contribution in [3.05, 3.63) is 71.3 Å². The molecule has 2 aromatic carbocycles. The van der Waals surface area contributed by atoms with Crippen molar-refractivity contribution in [3.8, 4) is 6.07 Å². The van der Waals surface area contributed by atoms with Gasteiger partial charge in [0, 0.05) is 45.1 Å². The smallest absolute Gasteiger partial charge is 0.229 e. The second-order valence-corrected chi connectivity index (χ2v) is 10.8. The Balaban J connectivity index is 1.19. The summed E-state index contributed by atoms with van der Waals surface area (Å²) < 4.78 is 0. The number of carbonyl (C=O) groups excluding carboxylic acids is 2. The van der Waals surface area contributed by atoms with Crippen molar-refractivity contribution in [1.29, 1.82) is 5.26 Å². The summed E-state index contributed by atoms with van der Waals surface area (Å²) in [4.78, 5) is 32.5. The number of hydrogen-bond donors (Lipinski definition) is 0. The maximum Gasteiger partial charge on any atom is 0.229 e. The maximum atomic E-state index is 13.5. The van der Waals surface area contributed by atoms with Crippen LogP contribution in [0.1, 0.15) is 55.2 Å². The van der Waals surface area contributed by atoms with Gasteiger partial charge in [-0.2, -0.15) is 5.26 Å². The molecule has 0 saturated carbocycles. The Labute approximate surface area is 214 Å². The fourth-order valence-corrected chi connectivity index (χ4v) is 6.47. The molecular weight excluding hydrogens is 448 g/mol. The molecule has 2 atom stereocenters. The first kappa shape index (κ1) is 24.5. The Morgan fingerprint density at radius 2 is 1.69 bits per heavy atom. The van der Waals surface area contributed by atoms with Crippen LogP contribution in [0.3, 0.4) is 0 Å². The fraction of sp³-hybridized carbons (Fsp3) is 0.500. The summed E-state index contributed by atoms with van der Waals surface area (Å²) in [6.45, 7) is 7.87. The van der Waals surface area contributed by atoms with Crippen LogP contribution in [0.15, 0.2) is 54.6 Å². The van der Waals surface area contributed by atoms with Crippen molar-refractivity contribution >= 4 is 11.8 Å². The number of likely N-dealkylation sites (tertiary alicyclic amines) is 3. The molecule has 0 N–H and O–H groups in total. The van der Waals surface area contributed by atoms with Gasteiger partial charge in [-0.05, 0) is 61.5 Å². The molecule has 3 aliphatic heterocycles. The highest BCUT2D eigenvalue weighted by Crippen LogP contribution is 2.43. The molecule has 0 aliphatic carbocycles. The molecule has 3 fully saturated rings. The molecule has 2 unspecified atom stereocenters. The van der Waals surface area contributed by atoms with Gasteiger partial charge in [0.25, 0.3) is 0 Å². The fourth-order valence-electron chi connectivity index (χ4n) is 6.47. The number of rotatable bonds is 6. The minimum absolute atomic E-state index is 0.220. The van der Waals surface area contributed by atoms with Crippen molar-refractivity contribution in [2.75, 3.05) is 39.3 Å².